The number of likely N-dealkylation sites (N-methyl/N-ethyl adjacent to an activating group) is 1. The Hall–Kier alpha value is -2.14. The van der Waals surface area contributed by atoms with Gasteiger partial charge in [-0.25, -0.2) is 4.98 Å². The van der Waals surface area contributed by atoms with E-state index in [2.05, 4.69) is 20.9 Å². The summed E-state index contributed by atoms with van der Waals surface area (Å²) in [7, 11) is 1.83. The van der Waals surface area contributed by atoms with Crippen LogP contribution < -0.4 is 0 Å². The summed E-state index contributed by atoms with van der Waals surface area (Å²) in [4.78, 5) is 18.8. The Morgan fingerprint density at radius 2 is 1.87 bits per heavy atom. The van der Waals surface area contributed by atoms with Gasteiger partial charge in [-0.1, -0.05) is 46.3 Å². The van der Waals surface area contributed by atoms with Gasteiger partial charge in [0.25, 0.3) is 0 Å². The number of fused-ring (bicyclic) bond motifs is 1. The molecule has 5 heteroatoms. The zero-order valence-corrected chi connectivity index (χ0v) is 14.7. The molecule has 1 amide bonds. The van der Waals surface area contributed by atoms with Crippen molar-refractivity contribution in [3.05, 3.63) is 64.4 Å². The fraction of sp³-hybridized carbons (Fsp3) is 0.222. The van der Waals surface area contributed by atoms with Crippen molar-refractivity contribution in [3.63, 3.8) is 0 Å². The first-order valence-corrected chi connectivity index (χ1v) is 8.25. The predicted molar refractivity (Wildman–Crippen MR) is 95.1 cm³/mol. The van der Waals surface area contributed by atoms with Crippen LogP contribution in [0.15, 0.2) is 53.0 Å². The van der Waals surface area contributed by atoms with Gasteiger partial charge in [0, 0.05) is 18.1 Å². The van der Waals surface area contributed by atoms with Crippen molar-refractivity contribution in [2.75, 3.05) is 7.05 Å². The Kier molecular flexibility index (Phi) is 4.48. The third-order valence-corrected chi connectivity index (χ3v) is 4.70. The highest BCUT2D eigenvalue weighted by molar-refractivity contribution is 9.10. The summed E-state index contributed by atoms with van der Waals surface area (Å²) in [6.45, 7) is 2.81. The van der Waals surface area contributed by atoms with Crippen molar-refractivity contribution < 1.29 is 4.79 Å². The van der Waals surface area contributed by atoms with E-state index >= 15 is 0 Å². The van der Waals surface area contributed by atoms with Gasteiger partial charge in [0.2, 0.25) is 5.91 Å². The van der Waals surface area contributed by atoms with E-state index in [9.17, 15) is 4.79 Å². The standard InChI is InChI=1S/C18H18BrN3O/c1-13-20-16-9-5-6-10-17(16)22(13)12-18(23)21(2)11-14-7-3-4-8-15(14)19/h3-10H,11-12H2,1-2H3. The molecule has 4 nitrogen and oxygen atoms in total. The first kappa shape index (κ1) is 15.7. The van der Waals surface area contributed by atoms with E-state index in [0.717, 1.165) is 26.9 Å². The van der Waals surface area contributed by atoms with Gasteiger partial charge >= 0.3 is 0 Å². The van der Waals surface area contributed by atoms with Crippen molar-refractivity contribution in [1.82, 2.24) is 14.5 Å². The van der Waals surface area contributed by atoms with E-state index in [0.29, 0.717) is 13.1 Å². The Morgan fingerprint density at radius 3 is 2.65 bits per heavy atom. The number of halogens is 1. The zero-order chi connectivity index (χ0) is 16.4. The van der Waals surface area contributed by atoms with Crippen LogP contribution in [0.4, 0.5) is 0 Å². The van der Waals surface area contributed by atoms with E-state index in [1.54, 1.807) is 4.90 Å². The molecule has 1 aromatic heterocycles. The lowest BCUT2D eigenvalue weighted by atomic mass is 10.2. The van der Waals surface area contributed by atoms with Crippen molar-refractivity contribution in [2.45, 2.75) is 20.0 Å². The van der Waals surface area contributed by atoms with Crippen molar-refractivity contribution in [1.29, 1.82) is 0 Å². The monoisotopic (exact) mass is 371 g/mol. The third kappa shape index (κ3) is 3.29. The number of carbonyl (C=O) groups excluding carboxylic acids is 1. The molecule has 1 heterocycles. The van der Waals surface area contributed by atoms with Crippen molar-refractivity contribution in [2.24, 2.45) is 0 Å². The Bertz CT molecular complexity index is 856. The van der Waals surface area contributed by atoms with Gasteiger partial charge in [0.05, 0.1) is 11.0 Å². The molecule has 0 aliphatic carbocycles. The molecule has 0 fully saturated rings. The molecule has 0 N–H and O–H groups in total. The predicted octanol–water partition coefficient (Wildman–Crippen LogP) is 3.77. The summed E-state index contributed by atoms with van der Waals surface area (Å²) in [5, 5.41) is 0. The Morgan fingerprint density at radius 1 is 1.17 bits per heavy atom. The maximum atomic E-state index is 12.6. The number of aryl methyl sites for hydroxylation is 1. The average Bonchev–Trinajstić information content (AvgIpc) is 2.85. The molecular formula is C18H18BrN3O. The molecule has 0 saturated carbocycles. The summed E-state index contributed by atoms with van der Waals surface area (Å²) in [5.41, 5.74) is 3.01. The van der Waals surface area contributed by atoms with Gasteiger partial charge in [-0.15, -0.1) is 0 Å². The minimum atomic E-state index is 0.0620. The fourth-order valence-corrected chi connectivity index (χ4v) is 3.03. The molecule has 0 aliphatic heterocycles. The third-order valence-electron chi connectivity index (χ3n) is 3.93. The Balaban J connectivity index is 1.78. The second-order valence-corrected chi connectivity index (χ2v) is 6.43. The number of para-hydroxylation sites is 2. The lowest BCUT2D eigenvalue weighted by Gasteiger charge is -2.19. The molecule has 0 aliphatic rings. The number of benzene rings is 2. The summed E-state index contributed by atoms with van der Waals surface area (Å²) in [5.74, 6) is 0.917. The summed E-state index contributed by atoms with van der Waals surface area (Å²) >= 11 is 3.53. The molecule has 3 rings (SSSR count). The zero-order valence-electron chi connectivity index (χ0n) is 13.2. The molecule has 0 bridgehead atoms. The largest absolute Gasteiger partial charge is 0.340 e. The summed E-state index contributed by atoms with van der Waals surface area (Å²) in [6.07, 6.45) is 0. The van der Waals surface area contributed by atoms with Crippen LogP contribution in [0.3, 0.4) is 0 Å². The van der Waals surface area contributed by atoms with E-state index in [4.69, 9.17) is 0 Å². The maximum absolute atomic E-state index is 12.6. The van der Waals surface area contributed by atoms with Gasteiger partial charge in [-0.05, 0) is 30.7 Å². The topological polar surface area (TPSA) is 38.1 Å². The number of aromatic nitrogens is 2. The number of hydrogen-bond acceptors (Lipinski definition) is 2. The van der Waals surface area contributed by atoms with Crippen LogP contribution >= 0.6 is 15.9 Å². The molecular weight excluding hydrogens is 354 g/mol. The van der Waals surface area contributed by atoms with Gasteiger partial charge in [-0.2, -0.15) is 0 Å². The molecule has 118 valence electrons. The number of nitrogens with zero attached hydrogens (tertiary/aromatic N) is 3. The molecule has 0 unspecified atom stereocenters. The van der Waals surface area contributed by atoms with E-state index < -0.39 is 0 Å². The van der Waals surface area contributed by atoms with Gasteiger partial charge in [0.1, 0.15) is 12.4 Å². The Labute approximate surface area is 143 Å². The normalized spacial score (nSPS) is 10.9. The molecule has 0 radical (unpaired) electrons. The number of rotatable bonds is 4. The minimum Gasteiger partial charge on any atom is -0.340 e. The number of imidazole rings is 1. The summed E-state index contributed by atoms with van der Waals surface area (Å²) in [6, 6.07) is 15.8. The van der Waals surface area contributed by atoms with E-state index in [-0.39, 0.29) is 5.91 Å². The average molecular weight is 372 g/mol. The van der Waals surface area contributed by atoms with E-state index in [1.165, 1.54) is 0 Å². The number of carbonyl (C=O) groups is 1. The second kappa shape index (κ2) is 6.54. The lowest BCUT2D eigenvalue weighted by molar-refractivity contribution is -0.131. The molecule has 3 aromatic rings. The van der Waals surface area contributed by atoms with Crippen LogP contribution in [0.1, 0.15) is 11.4 Å². The second-order valence-electron chi connectivity index (χ2n) is 5.58. The van der Waals surface area contributed by atoms with Crippen LogP contribution in [-0.4, -0.2) is 27.4 Å². The van der Waals surface area contributed by atoms with Crippen molar-refractivity contribution in [3.8, 4) is 0 Å². The first-order valence-electron chi connectivity index (χ1n) is 7.45. The first-order chi connectivity index (χ1) is 11.1. The SMILES string of the molecule is Cc1nc2ccccc2n1CC(=O)N(C)Cc1ccccc1Br. The molecule has 23 heavy (non-hydrogen) atoms. The van der Waals surface area contributed by atoms with Gasteiger partial charge < -0.3 is 9.47 Å². The smallest absolute Gasteiger partial charge is 0.242 e. The minimum absolute atomic E-state index is 0.0620. The molecule has 0 atom stereocenters. The number of amides is 1. The quantitative estimate of drug-likeness (QED) is 0.699. The van der Waals surface area contributed by atoms with Crippen LogP contribution in [-0.2, 0) is 17.9 Å². The fourth-order valence-electron chi connectivity index (χ4n) is 2.62. The van der Waals surface area contributed by atoms with Crippen LogP contribution in [0, 0.1) is 6.92 Å². The van der Waals surface area contributed by atoms with Crippen LogP contribution in [0.25, 0.3) is 11.0 Å². The van der Waals surface area contributed by atoms with Crippen LogP contribution in [0.2, 0.25) is 0 Å². The molecule has 0 saturated heterocycles. The van der Waals surface area contributed by atoms with Gasteiger partial charge in [-0.3, -0.25) is 4.79 Å². The molecule has 2 aromatic carbocycles. The number of hydrogen-bond donors (Lipinski definition) is 0. The van der Waals surface area contributed by atoms with Crippen LogP contribution in [0.5, 0.6) is 0 Å². The highest BCUT2D eigenvalue weighted by atomic mass is 79.9. The van der Waals surface area contributed by atoms with Gasteiger partial charge in [0.15, 0.2) is 0 Å². The summed E-state index contributed by atoms with van der Waals surface area (Å²) < 4.78 is 2.98. The highest BCUT2D eigenvalue weighted by Crippen LogP contribution is 2.18. The lowest BCUT2D eigenvalue weighted by Crippen LogP contribution is -2.30. The molecule has 0 spiro atoms. The van der Waals surface area contributed by atoms with E-state index in [1.807, 2.05) is 67.1 Å². The highest BCUT2D eigenvalue weighted by Gasteiger charge is 2.15. The maximum Gasteiger partial charge on any atom is 0.242 e. The van der Waals surface area contributed by atoms with Crippen molar-refractivity contribution >= 4 is 32.9 Å².